The van der Waals surface area contributed by atoms with Gasteiger partial charge in [-0.05, 0) is 25.0 Å². The number of fused-ring (bicyclic) bond motifs is 1. The topological polar surface area (TPSA) is 81.2 Å². The van der Waals surface area contributed by atoms with Crippen LogP contribution in [0, 0.1) is 0 Å². The molecule has 7 nitrogen and oxygen atoms in total. The Labute approximate surface area is 163 Å². The maximum absolute atomic E-state index is 12.8. The van der Waals surface area contributed by atoms with Gasteiger partial charge in [0.25, 0.3) is 0 Å². The number of rotatable bonds is 4. The summed E-state index contributed by atoms with van der Waals surface area (Å²) in [5.41, 5.74) is 0.755. The first-order valence-electron chi connectivity index (χ1n) is 9.72. The minimum absolute atomic E-state index is 0.0274. The highest BCUT2D eigenvalue weighted by atomic mass is 16.5. The number of para-hydroxylation sites is 1. The van der Waals surface area contributed by atoms with Crippen molar-refractivity contribution in [3.63, 3.8) is 0 Å². The monoisotopic (exact) mass is 380 g/mol. The zero-order chi connectivity index (χ0) is 19.7. The van der Waals surface area contributed by atoms with Crippen LogP contribution in [0.4, 0.5) is 0 Å². The average Bonchev–Trinajstić information content (AvgIpc) is 3.21. The molecule has 1 amide bonds. The predicted molar refractivity (Wildman–Crippen MR) is 105 cm³/mol. The lowest BCUT2D eigenvalue weighted by Gasteiger charge is -2.30. The van der Waals surface area contributed by atoms with E-state index < -0.39 is 0 Å². The Morgan fingerprint density at radius 2 is 1.96 bits per heavy atom. The van der Waals surface area contributed by atoms with Gasteiger partial charge in [-0.3, -0.25) is 9.59 Å². The van der Waals surface area contributed by atoms with Crippen LogP contribution in [0.15, 0.2) is 45.8 Å². The molecular weight excluding hydrogens is 356 g/mol. The molecule has 3 aromatic rings. The van der Waals surface area contributed by atoms with Crippen LogP contribution in [-0.4, -0.2) is 38.6 Å². The molecule has 28 heavy (non-hydrogen) atoms. The molecule has 0 N–H and O–H groups in total. The van der Waals surface area contributed by atoms with Crippen molar-refractivity contribution in [2.45, 2.75) is 45.1 Å². The maximum atomic E-state index is 12.8. The number of pyridine rings is 1. The fraction of sp³-hybridized carbons (Fsp3) is 0.429. The van der Waals surface area contributed by atoms with E-state index in [0.717, 1.165) is 24.2 Å². The minimum atomic E-state index is -0.0274. The molecule has 1 fully saturated rings. The standard InChI is InChI=1S/C21H24N4O3/c1-14(2)20-22-21(28-23-20)15-7-10-24(11-8-15)19(27)13-25-12-9-18(26)16-5-3-4-6-17(16)25/h3-6,9,12,14-15H,7-8,10-11,13H2,1-2H3. The van der Waals surface area contributed by atoms with Crippen LogP contribution in [0.25, 0.3) is 10.9 Å². The molecule has 1 saturated heterocycles. The Balaban J connectivity index is 1.42. The Kier molecular flexibility index (Phi) is 4.98. The van der Waals surface area contributed by atoms with E-state index in [1.54, 1.807) is 12.3 Å². The molecule has 2 aromatic heterocycles. The maximum Gasteiger partial charge on any atom is 0.242 e. The summed E-state index contributed by atoms with van der Waals surface area (Å²) in [6.07, 6.45) is 3.33. The van der Waals surface area contributed by atoms with Crippen LogP contribution in [0.2, 0.25) is 0 Å². The largest absolute Gasteiger partial charge is 0.341 e. The number of likely N-dealkylation sites (tertiary alicyclic amines) is 1. The number of aromatic nitrogens is 3. The van der Waals surface area contributed by atoms with Crippen molar-refractivity contribution in [2.24, 2.45) is 0 Å². The van der Waals surface area contributed by atoms with Crippen molar-refractivity contribution in [1.29, 1.82) is 0 Å². The van der Waals surface area contributed by atoms with E-state index in [4.69, 9.17) is 4.52 Å². The summed E-state index contributed by atoms with van der Waals surface area (Å²) in [4.78, 5) is 31.2. The zero-order valence-corrected chi connectivity index (χ0v) is 16.2. The molecule has 0 spiro atoms. The van der Waals surface area contributed by atoms with Gasteiger partial charge >= 0.3 is 0 Å². The zero-order valence-electron chi connectivity index (χ0n) is 16.2. The first kappa shape index (κ1) is 18.4. The van der Waals surface area contributed by atoms with Crippen LogP contribution in [0.3, 0.4) is 0 Å². The molecule has 4 rings (SSSR count). The van der Waals surface area contributed by atoms with Crippen LogP contribution in [0.1, 0.15) is 50.2 Å². The third kappa shape index (κ3) is 3.56. The first-order valence-corrected chi connectivity index (χ1v) is 9.72. The lowest BCUT2D eigenvalue weighted by molar-refractivity contribution is -0.132. The van der Waals surface area contributed by atoms with Crippen LogP contribution in [-0.2, 0) is 11.3 Å². The molecular formula is C21H24N4O3. The second-order valence-corrected chi connectivity index (χ2v) is 7.63. The molecule has 0 bridgehead atoms. The van der Waals surface area contributed by atoms with Crippen LogP contribution in [0.5, 0.6) is 0 Å². The highest BCUT2D eigenvalue weighted by Crippen LogP contribution is 2.28. The van der Waals surface area contributed by atoms with E-state index in [1.165, 1.54) is 6.07 Å². The summed E-state index contributed by atoms with van der Waals surface area (Å²) >= 11 is 0. The number of carbonyl (C=O) groups is 1. The van der Waals surface area contributed by atoms with E-state index in [-0.39, 0.29) is 29.7 Å². The van der Waals surface area contributed by atoms with Gasteiger partial charge in [0.15, 0.2) is 11.3 Å². The van der Waals surface area contributed by atoms with E-state index in [9.17, 15) is 9.59 Å². The van der Waals surface area contributed by atoms with Gasteiger partial charge in [0.05, 0.1) is 5.52 Å². The number of piperidine rings is 1. The van der Waals surface area contributed by atoms with Crippen LogP contribution >= 0.6 is 0 Å². The van der Waals surface area contributed by atoms with Crippen molar-refractivity contribution < 1.29 is 9.32 Å². The van der Waals surface area contributed by atoms with E-state index >= 15 is 0 Å². The predicted octanol–water partition coefficient (Wildman–Crippen LogP) is 2.91. The molecule has 0 radical (unpaired) electrons. The quantitative estimate of drug-likeness (QED) is 0.695. The summed E-state index contributed by atoms with van der Waals surface area (Å²) in [6, 6.07) is 8.90. The molecule has 3 heterocycles. The van der Waals surface area contributed by atoms with Gasteiger partial charge in [0, 0.05) is 42.6 Å². The smallest absolute Gasteiger partial charge is 0.242 e. The molecule has 0 saturated carbocycles. The summed E-state index contributed by atoms with van der Waals surface area (Å²) < 4.78 is 7.26. The Bertz CT molecular complexity index is 1040. The Morgan fingerprint density at radius 3 is 2.68 bits per heavy atom. The Morgan fingerprint density at radius 1 is 1.21 bits per heavy atom. The molecule has 146 valence electrons. The van der Waals surface area contributed by atoms with Crippen molar-refractivity contribution in [3.05, 3.63) is 58.5 Å². The van der Waals surface area contributed by atoms with Crippen molar-refractivity contribution in [2.75, 3.05) is 13.1 Å². The van der Waals surface area contributed by atoms with Gasteiger partial charge in [-0.2, -0.15) is 4.98 Å². The van der Waals surface area contributed by atoms with Gasteiger partial charge in [-0.25, -0.2) is 0 Å². The van der Waals surface area contributed by atoms with Gasteiger partial charge in [-0.1, -0.05) is 31.1 Å². The van der Waals surface area contributed by atoms with E-state index in [0.29, 0.717) is 24.4 Å². The lowest BCUT2D eigenvalue weighted by Crippen LogP contribution is -2.39. The number of hydrogen-bond donors (Lipinski definition) is 0. The third-order valence-electron chi connectivity index (χ3n) is 5.36. The van der Waals surface area contributed by atoms with Gasteiger partial charge in [0.2, 0.25) is 11.8 Å². The SMILES string of the molecule is CC(C)c1noc(C2CCN(C(=O)Cn3ccc(=O)c4ccccc43)CC2)n1. The van der Waals surface area contributed by atoms with Gasteiger partial charge in [-0.15, -0.1) is 0 Å². The second kappa shape index (κ2) is 7.58. The average molecular weight is 380 g/mol. The first-order chi connectivity index (χ1) is 13.5. The highest BCUT2D eigenvalue weighted by molar-refractivity contribution is 5.82. The van der Waals surface area contributed by atoms with Crippen molar-refractivity contribution in [3.8, 4) is 0 Å². The second-order valence-electron chi connectivity index (χ2n) is 7.63. The number of benzene rings is 1. The van der Waals surface area contributed by atoms with Crippen molar-refractivity contribution in [1.82, 2.24) is 19.6 Å². The van der Waals surface area contributed by atoms with E-state index in [1.807, 2.05) is 41.5 Å². The van der Waals surface area contributed by atoms with Gasteiger partial charge in [0.1, 0.15) is 6.54 Å². The molecule has 1 aromatic carbocycles. The highest BCUT2D eigenvalue weighted by Gasteiger charge is 2.28. The van der Waals surface area contributed by atoms with Crippen molar-refractivity contribution >= 4 is 16.8 Å². The van der Waals surface area contributed by atoms with Crippen LogP contribution < -0.4 is 5.43 Å². The number of carbonyl (C=O) groups excluding carboxylic acids is 1. The molecule has 7 heteroatoms. The molecule has 1 aliphatic rings. The molecule has 0 atom stereocenters. The summed E-state index contributed by atoms with van der Waals surface area (Å²) in [5, 5.41) is 4.67. The molecule has 1 aliphatic heterocycles. The van der Waals surface area contributed by atoms with E-state index in [2.05, 4.69) is 10.1 Å². The fourth-order valence-corrected chi connectivity index (χ4v) is 3.67. The summed E-state index contributed by atoms with van der Waals surface area (Å²) in [5.74, 6) is 1.92. The molecule has 0 aliphatic carbocycles. The lowest BCUT2D eigenvalue weighted by atomic mass is 9.96. The van der Waals surface area contributed by atoms with Gasteiger partial charge < -0.3 is 14.0 Å². The normalized spacial score (nSPS) is 15.5. The minimum Gasteiger partial charge on any atom is -0.341 e. The third-order valence-corrected chi connectivity index (χ3v) is 5.36. The number of nitrogens with zero attached hydrogens (tertiary/aromatic N) is 4. The number of hydrogen-bond acceptors (Lipinski definition) is 5. The summed E-state index contributed by atoms with van der Waals surface area (Å²) in [7, 11) is 0. The fourth-order valence-electron chi connectivity index (χ4n) is 3.67. The number of amides is 1. The summed E-state index contributed by atoms with van der Waals surface area (Å²) in [6.45, 7) is 5.64. The molecule has 0 unspecified atom stereocenters. The Hall–Kier alpha value is -2.96.